The number of rotatable bonds is 5. The third kappa shape index (κ3) is 5.07. The van der Waals surface area contributed by atoms with Crippen molar-refractivity contribution in [1.82, 2.24) is 0 Å². The van der Waals surface area contributed by atoms with Gasteiger partial charge < -0.3 is 14.8 Å². The first-order chi connectivity index (χ1) is 8.83. The lowest BCUT2D eigenvalue weighted by Crippen LogP contribution is -2.28. The van der Waals surface area contributed by atoms with Crippen LogP contribution in [0.15, 0.2) is 24.3 Å². The van der Waals surface area contributed by atoms with Crippen LogP contribution in [0, 0.1) is 0 Å². The molecular formula is C12H14F3NO3. The van der Waals surface area contributed by atoms with Crippen molar-refractivity contribution in [2.75, 3.05) is 11.9 Å². The van der Waals surface area contributed by atoms with Crippen LogP contribution in [0.25, 0.3) is 0 Å². The van der Waals surface area contributed by atoms with Crippen LogP contribution in [0.1, 0.15) is 13.8 Å². The number of benzene rings is 1. The zero-order valence-corrected chi connectivity index (χ0v) is 10.5. The minimum atomic E-state index is -4.79. The summed E-state index contributed by atoms with van der Waals surface area (Å²) in [5.41, 5.74) is 0.0698. The summed E-state index contributed by atoms with van der Waals surface area (Å²) in [6, 6.07) is 4.70. The molecule has 0 bridgehead atoms. The van der Waals surface area contributed by atoms with Gasteiger partial charge in [-0.2, -0.15) is 0 Å². The van der Waals surface area contributed by atoms with Gasteiger partial charge in [0, 0.05) is 0 Å². The molecule has 0 radical (unpaired) electrons. The second kappa shape index (κ2) is 6.31. The molecule has 1 atom stereocenters. The van der Waals surface area contributed by atoms with E-state index >= 15 is 0 Å². The smallest absolute Gasteiger partial charge is 0.464 e. The summed E-state index contributed by atoms with van der Waals surface area (Å²) in [5, 5.41) is 2.62. The normalized spacial score (nSPS) is 12.7. The number of hydrogen-bond donors (Lipinski definition) is 1. The summed E-state index contributed by atoms with van der Waals surface area (Å²) in [7, 11) is 0. The van der Waals surface area contributed by atoms with Crippen LogP contribution in [-0.2, 0) is 9.53 Å². The number of esters is 1. The van der Waals surface area contributed by atoms with Crippen molar-refractivity contribution in [2.45, 2.75) is 26.3 Å². The van der Waals surface area contributed by atoms with E-state index in [1.165, 1.54) is 25.1 Å². The zero-order valence-electron chi connectivity index (χ0n) is 10.5. The summed E-state index contributed by atoms with van der Waals surface area (Å²) in [4.78, 5) is 11.4. The highest BCUT2D eigenvalue weighted by molar-refractivity contribution is 5.79. The number of nitrogens with one attached hydrogen (secondary N) is 1. The molecule has 0 saturated heterocycles. The van der Waals surface area contributed by atoms with Crippen LogP contribution in [0.5, 0.6) is 5.75 Å². The van der Waals surface area contributed by atoms with E-state index in [1.807, 2.05) is 0 Å². The van der Waals surface area contributed by atoms with Crippen LogP contribution in [-0.4, -0.2) is 25.0 Å². The molecule has 0 spiro atoms. The summed E-state index contributed by atoms with van der Waals surface area (Å²) in [6.45, 7) is 3.33. The summed E-state index contributed by atoms with van der Waals surface area (Å²) < 4.78 is 45.2. The van der Waals surface area contributed by atoms with Crippen molar-refractivity contribution in [3.8, 4) is 5.75 Å². The molecule has 0 aliphatic heterocycles. The number of halogens is 3. The summed E-state index contributed by atoms with van der Waals surface area (Å²) in [6.07, 6.45) is -4.79. The fourth-order valence-electron chi connectivity index (χ4n) is 1.36. The number of para-hydroxylation sites is 2. The molecule has 0 fully saturated rings. The minimum absolute atomic E-state index is 0.0698. The quantitative estimate of drug-likeness (QED) is 0.841. The average molecular weight is 277 g/mol. The Hall–Kier alpha value is -1.92. The van der Waals surface area contributed by atoms with Crippen molar-refractivity contribution in [3.63, 3.8) is 0 Å². The Labute approximate surface area is 108 Å². The second-order valence-electron chi connectivity index (χ2n) is 3.66. The van der Waals surface area contributed by atoms with E-state index in [9.17, 15) is 18.0 Å². The van der Waals surface area contributed by atoms with Crippen molar-refractivity contribution < 1.29 is 27.4 Å². The van der Waals surface area contributed by atoms with E-state index in [2.05, 4.69) is 10.1 Å². The molecular weight excluding hydrogens is 263 g/mol. The Morgan fingerprint density at radius 2 is 2.00 bits per heavy atom. The Kier molecular flexibility index (Phi) is 5.02. The van der Waals surface area contributed by atoms with E-state index in [-0.39, 0.29) is 12.3 Å². The molecule has 1 N–H and O–H groups in total. The largest absolute Gasteiger partial charge is 0.573 e. The lowest BCUT2D eigenvalue weighted by atomic mass is 10.2. The number of carbonyl (C=O) groups is 1. The topological polar surface area (TPSA) is 47.6 Å². The summed E-state index contributed by atoms with van der Waals surface area (Å²) >= 11 is 0. The molecule has 106 valence electrons. The molecule has 1 aromatic rings. The van der Waals surface area contributed by atoms with E-state index < -0.39 is 24.1 Å². The van der Waals surface area contributed by atoms with Crippen molar-refractivity contribution in [1.29, 1.82) is 0 Å². The highest BCUT2D eigenvalue weighted by Crippen LogP contribution is 2.30. The van der Waals surface area contributed by atoms with E-state index in [4.69, 9.17) is 4.74 Å². The predicted molar refractivity (Wildman–Crippen MR) is 62.8 cm³/mol. The molecule has 0 aromatic heterocycles. The fourth-order valence-corrected chi connectivity index (χ4v) is 1.36. The highest BCUT2D eigenvalue weighted by atomic mass is 19.4. The van der Waals surface area contributed by atoms with Gasteiger partial charge in [-0.25, -0.2) is 4.79 Å². The summed E-state index contributed by atoms with van der Waals surface area (Å²) in [5.74, 6) is -0.949. The molecule has 19 heavy (non-hydrogen) atoms. The van der Waals surface area contributed by atoms with Crippen LogP contribution in [0.3, 0.4) is 0 Å². The van der Waals surface area contributed by atoms with E-state index in [1.54, 1.807) is 6.92 Å². The van der Waals surface area contributed by atoms with Gasteiger partial charge in [-0.1, -0.05) is 12.1 Å². The molecule has 7 heteroatoms. The van der Waals surface area contributed by atoms with Crippen molar-refractivity contribution in [3.05, 3.63) is 24.3 Å². The maximum absolute atomic E-state index is 12.2. The molecule has 1 unspecified atom stereocenters. The number of hydrogen-bond acceptors (Lipinski definition) is 4. The number of ether oxygens (including phenoxy) is 2. The molecule has 4 nitrogen and oxygen atoms in total. The van der Waals surface area contributed by atoms with Crippen LogP contribution in [0.2, 0.25) is 0 Å². The Morgan fingerprint density at radius 3 is 2.58 bits per heavy atom. The van der Waals surface area contributed by atoms with E-state index in [0.717, 1.165) is 6.07 Å². The monoisotopic (exact) mass is 277 g/mol. The maximum Gasteiger partial charge on any atom is 0.573 e. The lowest BCUT2D eigenvalue weighted by molar-refractivity contribution is -0.274. The van der Waals surface area contributed by atoms with Gasteiger partial charge in [0.2, 0.25) is 0 Å². The Balaban J connectivity index is 2.80. The first-order valence-corrected chi connectivity index (χ1v) is 5.61. The van der Waals surface area contributed by atoms with Gasteiger partial charge in [0.25, 0.3) is 0 Å². The molecule has 0 aliphatic rings. The van der Waals surface area contributed by atoms with Crippen LogP contribution in [0.4, 0.5) is 18.9 Å². The molecule has 0 aliphatic carbocycles. The van der Waals surface area contributed by atoms with Crippen molar-refractivity contribution in [2.24, 2.45) is 0 Å². The standard InChI is InChI=1S/C12H14F3NO3/c1-3-18-11(17)8(2)16-9-6-4-5-7-10(9)19-12(13,14)15/h4-8,16H,3H2,1-2H3. The number of carbonyl (C=O) groups excluding carboxylic acids is 1. The molecule has 0 heterocycles. The van der Waals surface area contributed by atoms with Gasteiger partial charge in [0.1, 0.15) is 6.04 Å². The highest BCUT2D eigenvalue weighted by Gasteiger charge is 2.32. The molecule has 1 aromatic carbocycles. The zero-order chi connectivity index (χ0) is 14.5. The van der Waals surface area contributed by atoms with Gasteiger partial charge >= 0.3 is 12.3 Å². The first-order valence-electron chi connectivity index (χ1n) is 5.61. The fraction of sp³-hybridized carbons (Fsp3) is 0.417. The van der Waals surface area contributed by atoms with Gasteiger partial charge in [-0.15, -0.1) is 13.2 Å². The van der Waals surface area contributed by atoms with Gasteiger partial charge in [-0.3, -0.25) is 0 Å². The molecule has 0 saturated carbocycles. The first kappa shape index (κ1) is 15.1. The minimum Gasteiger partial charge on any atom is -0.464 e. The molecule has 0 amide bonds. The van der Waals surface area contributed by atoms with Crippen molar-refractivity contribution >= 4 is 11.7 Å². The van der Waals surface area contributed by atoms with Gasteiger partial charge in [-0.05, 0) is 26.0 Å². The Morgan fingerprint density at radius 1 is 1.37 bits per heavy atom. The predicted octanol–water partition coefficient (Wildman–Crippen LogP) is 2.95. The molecule has 1 rings (SSSR count). The van der Waals surface area contributed by atoms with Crippen LogP contribution >= 0.6 is 0 Å². The van der Waals surface area contributed by atoms with E-state index in [0.29, 0.717) is 0 Å². The maximum atomic E-state index is 12.2. The average Bonchev–Trinajstić information content (AvgIpc) is 2.30. The second-order valence-corrected chi connectivity index (χ2v) is 3.66. The van der Waals surface area contributed by atoms with Crippen LogP contribution < -0.4 is 10.1 Å². The SMILES string of the molecule is CCOC(=O)C(C)Nc1ccccc1OC(F)(F)F. The van der Waals surface area contributed by atoms with Gasteiger partial charge in [0.15, 0.2) is 5.75 Å². The number of alkyl halides is 3. The Bertz CT molecular complexity index is 434. The third-order valence-corrected chi connectivity index (χ3v) is 2.12. The number of anilines is 1. The lowest BCUT2D eigenvalue weighted by Gasteiger charge is -2.17. The third-order valence-electron chi connectivity index (χ3n) is 2.12. The van der Waals surface area contributed by atoms with Gasteiger partial charge in [0.05, 0.1) is 12.3 Å².